The molecule has 1 fully saturated rings. The van der Waals surface area contributed by atoms with Gasteiger partial charge in [0.15, 0.2) is 0 Å². The first-order valence-electron chi connectivity index (χ1n) is 6.70. The summed E-state index contributed by atoms with van der Waals surface area (Å²) in [6.45, 7) is 4.80. The third kappa shape index (κ3) is 2.84. The lowest BCUT2D eigenvalue weighted by Crippen LogP contribution is -2.42. The molecule has 0 spiro atoms. The molecule has 18 heavy (non-hydrogen) atoms. The van der Waals surface area contributed by atoms with Gasteiger partial charge < -0.3 is 10.1 Å². The van der Waals surface area contributed by atoms with Crippen LogP contribution in [0.3, 0.4) is 0 Å². The average molecular weight is 247 g/mol. The molecule has 1 N–H and O–H groups in total. The lowest BCUT2D eigenvalue weighted by atomic mass is 9.87. The summed E-state index contributed by atoms with van der Waals surface area (Å²) in [4.78, 5) is 11.4. The molecule has 1 heterocycles. The topological polar surface area (TPSA) is 38.3 Å². The molecule has 0 aliphatic carbocycles. The first-order chi connectivity index (χ1) is 8.67. The fourth-order valence-electron chi connectivity index (χ4n) is 2.60. The van der Waals surface area contributed by atoms with Gasteiger partial charge in [-0.15, -0.1) is 0 Å². The van der Waals surface area contributed by atoms with E-state index in [0.29, 0.717) is 13.0 Å². The molecule has 1 aliphatic heterocycles. The maximum absolute atomic E-state index is 11.4. The number of amides is 1. The molecular weight excluding hydrogens is 226 g/mol. The molecule has 0 bridgehead atoms. The zero-order chi connectivity index (χ0) is 13.0. The van der Waals surface area contributed by atoms with Gasteiger partial charge in [0.2, 0.25) is 5.91 Å². The van der Waals surface area contributed by atoms with Crippen molar-refractivity contribution in [1.82, 2.24) is 5.32 Å². The van der Waals surface area contributed by atoms with Gasteiger partial charge in [0, 0.05) is 12.0 Å². The van der Waals surface area contributed by atoms with Crippen molar-refractivity contribution in [1.29, 1.82) is 0 Å². The van der Waals surface area contributed by atoms with E-state index in [2.05, 4.69) is 24.4 Å². The van der Waals surface area contributed by atoms with Crippen LogP contribution in [0.2, 0.25) is 0 Å². The third-order valence-electron chi connectivity index (χ3n) is 3.66. The number of carbonyl (C=O) groups is 1. The number of hydrogen-bond donors (Lipinski definition) is 1. The number of ether oxygens (including phenoxy) is 1. The average Bonchev–Trinajstić information content (AvgIpc) is 2.72. The summed E-state index contributed by atoms with van der Waals surface area (Å²) in [6, 6.07) is 8.16. The molecular formula is C15H21NO2. The van der Waals surface area contributed by atoms with Crippen molar-refractivity contribution in [3.05, 3.63) is 29.8 Å². The minimum Gasteiger partial charge on any atom is -0.494 e. The van der Waals surface area contributed by atoms with Crippen molar-refractivity contribution in [3.8, 4) is 5.75 Å². The van der Waals surface area contributed by atoms with Gasteiger partial charge >= 0.3 is 0 Å². The highest BCUT2D eigenvalue weighted by atomic mass is 16.5. The first kappa shape index (κ1) is 12.9. The SMILES string of the molecule is CCOc1cccc(CC2(CC)CCC(=O)N2)c1. The Kier molecular flexibility index (Phi) is 3.90. The lowest BCUT2D eigenvalue weighted by molar-refractivity contribution is -0.119. The van der Waals surface area contributed by atoms with E-state index in [1.807, 2.05) is 19.1 Å². The highest BCUT2D eigenvalue weighted by molar-refractivity contribution is 5.79. The van der Waals surface area contributed by atoms with Gasteiger partial charge in [0.25, 0.3) is 0 Å². The van der Waals surface area contributed by atoms with Gasteiger partial charge in [-0.25, -0.2) is 0 Å². The van der Waals surface area contributed by atoms with Gasteiger partial charge in [0.05, 0.1) is 6.61 Å². The molecule has 1 unspecified atom stereocenters. The fraction of sp³-hybridized carbons (Fsp3) is 0.533. The van der Waals surface area contributed by atoms with Gasteiger partial charge in [-0.05, 0) is 43.9 Å². The molecule has 1 aromatic carbocycles. The Morgan fingerprint density at radius 1 is 1.39 bits per heavy atom. The Bertz CT molecular complexity index is 430. The van der Waals surface area contributed by atoms with Gasteiger partial charge in [0.1, 0.15) is 5.75 Å². The quantitative estimate of drug-likeness (QED) is 0.868. The van der Waals surface area contributed by atoms with Crippen LogP contribution in [0.15, 0.2) is 24.3 Å². The van der Waals surface area contributed by atoms with Crippen LogP contribution in [0.4, 0.5) is 0 Å². The highest BCUT2D eigenvalue weighted by Crippen LogP contribution is 2.29. The Labute approximate surface area is 109 Å². The molecule has 1 aromatic rings. The van der Waals surface area contributed by atoms with Crippen LogP contribution in [0.5, 0.6) is 5.75 Å². The van der Waals surface area contributed by atoms with E-state index in [1.54, 1.807) is 0 Å². The van der Waals surface area contributed by atoms with Crippen molar-refractivity contribution in [2.75, 3.05) is 6.61 Å². The highest BCUT2D eigenvalue weighted by Gasteiger charge is 2.35. The normalized spacial score (nSPS) is 22.9. The first-order valence-corrected chi connectivity index (χ1v) is 6.70. The van der Waals surface area contributed by atoms with Gasteiger partial charge in [-0.1, -0.05) is 19.1 Å². The number of benzene rings is 1. The van der Waals surface area contributed by atoms with Crippen molar-refractivity contribution >= 4 is 5.91 Å². The van der Waals surface area contributed by atoms with E-state index >= 15 is 0 Å². The molecule has 1 aliphatic rings. The molecule has 1 saturated heterocycles. The molecule has 3 heteroatoms. The summed E-state index contributed by atoms with van der Waals surface area (Å²) in [6.07, 6.45) is 3.44. The van der Waals surface area contributed by atoms with Crippen LogP contribution in [-0.4, -0.2) is 18.1 Å². The van der Waals surface area contributed by atoms with E-state index in [1.165, 1.54) is 5.56 Å². The van der Waals surface area contributed by atoms with Crippen LogP contribution in [0, 0.1) is 0 Å². The standard InChI is InChI=1S/C15H21NO2/c1-3-15(9-8-14(17)16-15)11-12-6-5-7-13(10-12)18-4-2/h5-7,10H,3-4,8-9,11H2,1-2H3,(H,16,17). The molecule has 0 aromatic heterocycles. The predicted molar refractivity (Wildman–Crippen MR) is 71.7 cm³/mol. The molecule has 3 nitrogen and oxygen atoms in total. The zero-order valence-corrected chi connectivity index (χ0v) is 11.2. The molecule has 0 saturated carbocycles. The van der Waals surface area contributed by atoms with Crippen molar-refractivity contribution in [3.63, 3.8) is 0 Å². The van der Waals surface area contributed by atoms with E-state index < -0.39 is 0 Å². The second-order valence-corrected chi connectivity index (χ2v) is 4.94. The summed E-state index contributed by atoms with van der Waals surface area (Å²) >= 11 is 0. The van der Waals surface area contributed by atoms with Crippen LogP contribution >= 0.6 is 0 Å². The largest absolute Gasteiger partial charge is 0.494 e. The molecule has 2 rings (SSSR count). The Morgan fingerprint density at radius 2 is 2.22 bits per heavy atom. The van der Waals surface area contributed by atoms with Crippen LogP contribution in [0.1, 0.15) is 38.7 Å². The van der Waals surface area contributed by atoms with E-state index in [0.717, 1.165) is 25.0 Å². The van der Waals surface area contributed by atoms with E-state index in [4.69, 9.17) is 4.74 Å². The number of nitrogens with one attached hydrogen (secondary N) is 1. The summed E-state index contributed by atoms with van der Waals surface area (Å²) < 4.78 is 5.51. The Hall–Kier alpha value is -1.51. The maximum atomic E-state index is 11.4. The summed E-state index contributed by atoms with van der Waals surface area (Å²) in [5.41, 5.74) is 1.17. The molecule has 0 radical (unpaired) electrons. The van der Waals surface area contributed by atoms with Crippen LogP contribution < -0.4 is 10.1 Å². The number of carbonyl (C=O) groups excluding carboxylic acids is 1. The maximum Gasteiger partial charge on any atom is 0.220 e. The van der Waals surface area contributed by atoms with E-state index in [-0.39, 0.29) is 11.4 Å². The van der Waals surface area contributed by atoms with Crippen molar-refractivity contribution in [2.24, 2.45) is 0 Å². The second-order valence-electron chi connectivity index (χ2n) is 4.94. The summed E-state index contributed by atoms with van der Waals surface area (Å²) in [5, 5.41) is 3.14. The fourth-order valence-corrected chi connectivity index (χ4v) is 2.60. The third-order valence-corrected chi connectivity index (χ3v) is 3.66. The van der Waals surface area contributed by atoms with Gasteiger partial charge in [-0.3, -0.25) is 4.79 Å². The number of rotatable bonds is 5. The molecule has 98 valence electrons. The van der Waals surface area contributed by atoms with Crippen LogP contribution in [0.25, 0.3) is 0 Å². The van der Waals surface area contributed by atoms with Crippen molar-refractivity contribution in [2.45, 2.75) is 45.1 Å². The van der Waals surface area contributed by atoms with Crippen LogP contribution in [-0.2, 0) is 11.2 Å². The number of hydrogen-bond acceptors (Lipinski definition) is 2. The lowest BCUT2D eigenvalue weighted by Gasteiger charge is -2.28. The predicted octanol–water partition coefficient (Wildman–Crippen LogP) is 2.69. The second kappa shape index (κ2) is 5.42. The monoisotopic (exact) mass is 247 g/mol. The molecule has 1 atom stereocenters. The summed E-state index contributed by atoms with van der Waals surface area (Å²) in [5.74, 6) is 1.09. The van der Waals surface area contributed by atoms with E-state index in [9.17, 15) is 4.79 Å². The smallest absolute Gasteiger partial charge is 0.220 e. The van der Waals surface area contributed by atoms with Gasteiger partial charge in [-0.2, -0.15) is 0 Å². The zero-order valence-electron chi connectivity index (χ0n) is 11.2. The summed E-state index contributed by atoms with van der Waals surface area (Å²) in [7, 11) is 0. The van der Waals surface area contributed by atoms with Crippen molar-refractivity contribution < 1.29 is 9.53 Å². The minimum absolute atomic E-state index is 0.0536. The Morgan fingerprint density at radius 3 is 2.83 bits per heavy atom. The Balaban J connectivity index is 2.12. The minimum atomic E-state index is -0.0536. The molecule has 1 amide bonds.